The molecule has 0 saturated carbocycles. The van der Waals surface area contributed by atoms with Crippen molar-refractivity contribution >= 4 is 0 Å². The Labute approximate surface area is 121 Å². The molecule has 2 aromatic carbocycles. The standard InChI is InChI=1S/C18H23NO/c1-4-18(16-9-5-14(2)6-10-16)19-13-15-7-11-17(20-3)12-8-15/h5-12,18-19H,4,13H2,1-3H3. The molecule has 20 heavy (non-hydrogen) atoms. The fourth-order valence-corrected chi connectivity index (χ4v) is 2.28. The molecule has 2 nitrogen and oxygen atoms in total. The van der Waals surface area contributed by atoms with Gasteiger partial charge in [-0.05, 0) is 36.6 Å². The van der Waals surface area contributed by atoms with E-state index >= 15 is 0 Å². The van der Waals surface area contributed by atoms with Crippen molar-refractivity contribution in [3.63, 3.8) is 0 Å². The molecule has 1 unspecified atom stereocenters. The first-order valence-corrected chi connectivity index (χ1v) is 7.15. The van der Waals surface area contributed by atoms with E-state index in [9.17, 15) is 0 Å². The highest BCUT2D eigenvalue weighted by Gasteiger charge is 2.08. The fraction of sp³-hybridized carbons (Fsp3) is 0.333. The van der Waals surface area contributed by atoms with Crippen LogP contribution in [0.25, 0.3) is 0 Å². The molecule has 0 bridgehead atoms. The van der Waals surface area contributed by atoms with Crippen LogP contribution in [-0.2, 0) is 6.54 Å². The van der Waals surface area contributed by atoms with Crippen molar-refractivity contribution in [2.45, 2.75) is 32.9 Å². The number of benzene rings is 2. The minimum absolute atomic E-state index is 0.401. The van der Waals surface area contributed by atoms with Gasteiger partial charge >= 0.3 is 0 Å². The van der Waals surface area contributed by atoms with E-state index in [1.54, 1.807) is 7.11 Å². The molecule has 106 valence electrons. The summed E-state index contributed by atoms with van der Waals surface area (Å²) < 4.78 is 5.18. The average Bonchev–Trinajstić information content (AvgIpc) is 2.50. The zero-order valence-electron chi connectivity index (χ0n) is 12.5. The second-order valence-electron chi connectivity index (χ2n) is 5.10. The molecule has 0 amide bonds. The molecule has 0 radical (unpaired) electrons. The largest absolute Gasteiger partial charge is 0.497 e. The third-order valence-corrected chi connectivity index (χ3v) is 3.60. The first-order chi connectivity index (χ1) is 9.72. The second-order valence-corrected chi connectivity index (χ2v) is 5.10. The van der Waals surface area contributed by atoms with Crippen LogP contribution in [-0.4, -0.2) is 7.11 Å². The molecule has 2 heteroatoms. The zero-order chi connectivity index (χ0) is 14.4. The van der Waals surface area contributed by atoms with Crippen LogP contribution < -0.4 is 10.1 Å². The van der Waals surface area contributed by atoms with Crippen molar-refractivity contribution in [3.05, 3.63) is 65.2 Å². The predicted octanol–water partition coefficient (Wildman–Crippen LogP) is 4.24. The lowest BCUT2D eigenvalue weighted by molar-refractivity contribution is 0.414. The number of aryl methyl sites for hydroxylation is 1. The Morgan fingerprint density at radius 3 is 2.20 bits per heavy atom. The number of ether oxygens (including phenoxy) is 1. The molecule has 0 aromatic heterocycles. The normalized spacial score (nSPS) is 12.2. The summed E-state index contributed by atoms with van der Waals surface area (Å²) in [6, 6.07) is 17.4. The lowest BCUT2D eigenvalue weighted by atomic mass is 10.0. The van der Waals surface area contributed by atoms with Gasteiger partial charge in [0.15, 0.2) is 0 Å². The van der Waals surface area contributed by atoms with Gasteiger partial charge in [-0.25, -0.2) is 0 Å². The summed E-state index contributed by atoms with van der Waals surface area (Å²) in [7, 11) is 1.69. The summed E-state index contributed by atoms with van der Waals surface area (Å²) in [6.07, 6.45) is 1.08. The highest BCUT2D eigenvalue weighted by Crippen LogP contribution is 2.18. The minimum atomic E-state index is 0.401. The van der Waals surface area contributed by atoms with Crippen molar-refractivity contribution in [2.75, 3.05) is 7.11 Å². The quantitative estimate of drug-likeness (QED) is 0.846. The first-order valence-electron chi connectivity index (χ1n) is 7.15. The van der Waals surface area contributed by atoms with Crippen LogP contribution >= 0.6 is 0 Å². The molecule has 2 rings (SSSR count). The van der Waals surface area contributed by atoms with Crippen LogP contribution in [0.4, 0.5) is 0 Å². The molecule has 1 N–H and O–H groups in total. The highest BCUT2D eigenvalue weighted by atomic mass is 16.5. The monoisotopic (exact) mass is 269 g/mol. The Kier molecular flexibility index (Phi) is 5.19. The SMILES string of the molecule is CCC(NCc1ccc(OC)cc1)c1ccc(C)cc1. The molecule has 1 atom stereocenters. The lowest BCUT2D eigenvalue weighted by Gasteiger charge is -2.18. The van der Waals surface area contributed by atoms with Crippen LogP contribution in [0.3, 0.4) is 0 Å². The van der Waals surface area contributed by atoms with E-state index in [2.05, 4.69) is 55.6 Å². The lowest BCUT2D eigenvalue weighted by Crippen LogP contribution is -2.20. The smallest absolute Gasteiger partial charge is 0.118 e. The Balaban J connectivity index is 1.97. The van der Waals surface area contributed by atoms with Crippen molar-refractivity contribution < 1.29 is 4.74 Å². The summed E-state index contributed by atoms with van der Waals surface area (Å²) >= 11 is 0. The average molecular weight is 269 g/mol. The first kappa shape index (κ1) is 14.6. The number of hydrogen-bond acceptors (Lipinski definition) is 2. The van der Waals surface area contributed by atoms with Gasteiger partial charge in [0.05, 0.1) is 7.11 Å². The van der Waals surface area contributed by atoms with Crippen LogP contribution in [0.15, 0.2) is 48.5 Å². The van der Waals surface area contributed by atoms with Gasteiger partial charge < -0.3 is 10.1 Å². The van der Waals surface area contributed by atoms with Crippen LogP contribution in [0.2, 0.25) is 0 Å². The van der Waals surface area contributed by atoms with E-state index in [1.807, 2.05) is 12.1 Å². The van der Waals surface area contributed by atoms with Gasteiger partial charge in [0.2, 0.25) is 0 Å². The maximum absolute atomic E-state index is 5.18. The molecule has 2 aromatic rings. The number of rotatable bonds is 6. The summed E-state index contributed by atoms with van der Waals surface area (Å²) in [5.41, 5.74) is 3.93. The molecular formula is C18H23NO. The van der Waals surface area contributed by atoms with Gasteiger partial charge in [0.1, 0.15) is 5.75 Å². The number of nitrogens with one attached hydrogen (secondary N) is 1. The van der Waals surface area contributed by atoms with Crippen molar-refractivity contribution in [1.82, 2.24) is 5.32 Å². The Morgan fingerprint density at radius 1 is 1.00 bits per heavy atom. The topological polar surface area (TPSA) is 21.3 Å². The van der Waals surface area contributed by atoms with Crippen molar-refractivity contribution in [1.29, 1.82) is 0 Å². The Morgan fingerprint density at radius 2 is 1.65 bits per heavy atom. The van der Waals surface area contributed by atoms with Crippen molar-refractivity contribution in [2.24, 2.45) is 0 Å². The Bertz CT molecular complexity index is 516. The van der Waals surface area contributed by atoms with E-state index in [1.165, 1.54) is 16.7 Å². The number of hydrogen-bond donors (Lipinski definition) is 1. The van der Waals surface area contributed by atoms with Gasteiger partial charge in [-0.15, -0.1) is 0 Å². The van der Waals surface area contributed by atoms with Crippen LogP contribution in [0.5, 0.6) is 5.75 Å². The third-order valence-electron chi connectivity index (χ3n) is 3.60. The predicted molar refractivity (Wildman–Crippen MR) is 84.0 cm³/mol. The minimum Gasteiger partial charge on any atom is -0.497 e. The summed E-state index contributed by atoms with van der Waals surface area (Å²) in [6.45, 7) is 5.21. The van der Waals surface area contributed by atoms with E-state index in [-0.39, 0.29) is 0 Å². The maximum atomic E-state index is 5.18. The fourth-order valence-electron chi connectivity index (χ4n) is 2.28. The molecule has 0 saturated heterocycles. The second kappa shape index (κ2) is 7.11. The number of methoxy groups -OCH3 is 1. The molecule has 0 spiro atoms. The van der Waals surface area contributed by atoms with Gasteiger partial charge in [-0.1, -0.05) is 48.9 Å². The third kappa shape index (κ3) is 3.84. The molecule has 0 aliphatic carbocycles. The molecular weight excluding hydrogens is 246 g/mol. The summed E-state index contributed by atoms with van der Waals surface area (Å²) in [5, 5.41) is 3.62. The van der Waals surface area contributed by atoms with E-state index in [4.69, 9.17) is 4.74 Å². The molecule has 0 aliphatic heterocycles. The van der Waals surface area contributed by atoms with Crippen molar-refractivity contribution in [3.8, 4) is 5.75 Å². The molecule has 0 fully saturated rings. The van der Waals surface area contributed by atoms with Gasteiger partial charge in [-0.3, -0.25) is 0 Å². The van der Waals surface area contributed by atoms with Gasteiger partial charge in [-0.2, -0.15) is 0 Å². The summed E-state index contributed by atoms with van der Waals surface area (Å²) in [5.74, 6) is 0.902. The van der Waals surface area contributed by atoms with E-state index in [0.717, 1.165) is 18.7 Å². The van der Waals surface area contributed by atoms with Crippen LogP contribution in [0, 0.1) is 6.92 Å². The van der Waals surface area contributed by atoms with Gasteiger partial charge in [0.25, 0.3) is 0 Å². The zero-order valence-corrected chi connectivity index (χ0v) is 12.5. The summed E-state index contributed by atoms with van der Waals surface area (Å²) in [4.78, 5) is 0. The highest BCUT2D eigenvalue weighted by molar-refractivity contribution is 5.28. The van der Waals surface area contributed by atoms with Crippen LogP contribution in [0.1, 0.15) is 36.1 Å². The maximum Gasteiger partial charge on any atom is 0.118 e. The molecule has 0 heterocycles. The van der Waals surface area contributed by atoms with E-state index < -0.39 is 0 Å². The Hall–Kier alpha value is -1.80. The molecule has 0 aliphatic rings. The van der Waals surface area contributed by atoms with E-state index in [0.29, 0.717) is 6.04 Å². The van der Waals surface area contributed by atoms with Gasteiger partial charge in [0, 0.05) is 12.6 Å².